The third kappa shape index (κ3) is 7.66. The van der Waals surface area contributed by atoms with Crippen molar-refractivity contribution in [2.45, 2.75) is 31.3 Å². The molecule has 208 valence electrons. The van der Waals surface area contributed by atoms with Gasteiger partial charge in [-0.05, 0) is 80.1 Å². The maximum absolute atomic E-state index is 13.8. The number of hydrogen-bond acceptors (Lipinski definition) is 5. The average molecular weight is 657 g/mol. The van der Waals surface area contributed by atoms with E-state index in [4.69, 9.17) is 27.9 Å². The standard InChI is InChI=1S/C27H28BrCl2N3O5S/c1-4-38-23-11-9-22(10-12-23)33(39(36,37)24-13-6-20(28)7-14-24)17-26(34)32(18(2)27(35)31-3)16-19-5-8-21(29)15-25(19)30/h5-15,18H,4,16-17H2,1-3H3,(H,31,35)/t18-/m1/s1. The molecule has 39 heavy (non-hydrogen) atoms. The topological polar surface area (TPSA) is 96.0 Å². The zero-order valence-electron chi connectivity index (χ0n) is 21.5. The molecule has 3 aromatic rings. The molecule has 0 bridgehead atoms. The second-order valence-corrected chi connectivity index (χ2v) is 12.1. The van der Waals surface area contributed by atoms with Crippen LogP contribution >= 0.6 is 39.1 Å². The van der Waals surface area contributed by atoms with E-state index in [0.717, 1.165) is 4.31 Å². The first-order valence-electron chi connectivity index (χ1n) is 11.9. The van der Waals surface area contributed by atoms with E-state index in [1.165, 1.54) is 30.1 Å². The quantitative estimate of drug-likeness (QED) is 0.294. The smallest absolute Gasteiger partial charge is 0.264 e. The van der Waals surface area contributed by atoms with E-state index >= 15 is 0 Å². The van der Waals surface area contributed by atoms with Crippen molar-refractivity contribution >= 4 is 66.7 Å². The van der Waals surface area contributed by atoms with Crippen LogP contribution in [-0.4, -0.2) is 51.4 Å². The number of carbonyl (C=O) groups excluding carboxylic acids is 2. The largest absolute Gasteiger partial charge is 0.494 e. The van der Waals surface area contributed by atoms with E-state index < -0.39 is 34.4 Å². The maximum Gasteiger partial charge on any atom is 0.264 e. The fraction of sp³-hybridized carbons (Fsp3) is 0.259. The van der Waals surface area contributed by atoms with Gasteiger partial charge >= 0.3 is 0 Å². The van der Waals surface area contributed by atoms with Gasteiger partial charge in [0.25, 0.3) is 10.0 Å². The summed E-state index contributed by atoms with van der Waals surface area (Å²) in [6.45, 7) is 3.23. The van der Waals surface area contributed by atoms with Crippen molar-refractivity contribution in [3.05, 3.63) is 86.8 Å². The molecule has 8 nitrogen and oxygen atoms in total. The van der Waals surface area contributed by atoms with E-state index in [2.05, 4.69) is 21.2 Å². The number of halogens is 3. The number of rotatable bonds is 11. The summed E-state index contributed by atoms with van der Waals surface area (Å²) < 4.78 is 34.8. The third-order valence-corrected chi connectivity index (χ3v) is 8.79. The Morgan fingerprint density at radius 3 is 2.23 bits per heavy atom. The summed E-state index contributed by atoms with van der Waals surface area (Å²) in [4.78, 5) is 27.7. The Morgan fingerprint density at radius 2 is 1.67 bits per heavy atom. The summed E-state index contributed by atoms with van der Waals surface area (Å²) in [5.41, 5.74) is 0.806. The lowest BCUT2D eigenvalue weighted by molar-refractivity contribution is -0.139. The molecule has 0 aliphatic rings. The molecule has 0 fully saturated rings. The van der Waals surface area contributed by atoms with Gasteiger partial charge in [0.15, 0.2) is 0 Å². The van der Waals surface area contributed by atoms with Crippen LogP contribution in [0.15, 0.2) is 76.1 Å². The predicted molar refractivity (Wildman–Crippen MR) is 157 cm³/mol. The Labute approximate surface area is 247 Å². The van der Waals surface area contributed by atoms with Gasteiger partial charge in [-0.1, -0.05) is 45.2 Å². The molecule has 0 aromatic heterocycles. The Hall–Kier alpha value is -2.79. The zero-order chi connectivity index (χ0) is 28.7. The molecule has 0 spiro atoms. The fourth-order valence-corrected chi connectivity index (χ4v) is 5.91. The molecular weight excluding hydrogens is 629 g/mol. The lowest BCUT2D eigenvalue weighted by Gasteiger charge is -2.32. The SMILES string of the molecule is CCOc1ccc(N(CC(=O)N(Cc2ccc(Cl)cc2Cl)[C@H](C)C(=O)NC)S(=O)(=O)c2ccc(Br)cc2)cc1. The summed E-state index contributed by atoms with van der Waals surface area (Å²) in [6, 6.07) is 16.4. The van der Waals surface area contributed by atoms with Gasteiger partial charge in [-0.15, -0.1) is 0 Å². The first-order chi connectivity index (χ1) is 18.5. The number of ether oxygens (including phenoxy) is 1. The lowest BCUT2D eigenvalue weighted by Crippen LogP contribution is -2.50. The molecule has 1 N–H and O–H groups in total. The maximum atomic E-state index is 13.8. The molecule has 0 radical (unpaired) electrons. The van der Waals surface area contributed by atoms with E-state index in [1.54, 1.807) is 55.5 Å². The first kappa shape index (κ1) is 30.7. The van der Waals surface area contributed by atoms with Crippen LogP contribution in [0.4, 0.5) is 5.69 Å². The van der Waals surface area contributed by atoms with Crippen molar-refractivity contribution in [2.24, 2.45) is 0 Å². The molecule has 0 aliphatic heterocycles. The van der Waals surface area contributed by atoms with Crippen LogP contribution in [-0.2, 0) is 26.2 Å². The minimum absolute atomic E-state index is 0.000898. The van der Waals surface area contributed by atoms with Crippen molar-refractivity contribution in [1.29, 1.82) is 0 Å². The van der Waals surface area contributed by atoms with E-state index in [0.29, 0.717) is 32.4 Å². The molecule has 0 aliphatic carbocycles. The van der Waals surface area contributed by atoms with E-state index in [9.17, 15) is 18.0 Å². The second kappa shape index (κ2) is 13.5. The molecule has 3 aromatic carbocycles. The molecular formula is C27H28BrCl2N3O5S. The lowest BCUT2D eigenvalue weighted by atomic mass is 10.1. The van der Waals surface area contributed by atoms with Gasteiger partial charge in [0.2, 0.25) is 11.8 Å². The van der Waals surface area contributed by atoms with Crippen molar-refractivity contribution in [3.63, 3.8) is 0 Å². The summed E-state index contributed by atoms with van der Waals surface area (Å²) in [5, 5.41) is 3.27. The van der Waals surface area contributed by atoms with Crippen molar-refractivity contribution < 1.29 is 22.7 Å². The molecule has 2 amide bonds. The van der Waals surface area contributed by atoms with Gasteiger partial charge in [-0.25, -0.2) is 8.42 Å². The molecule has 0 saturated carbocycles. The van der Waals surface area contributed by atoms with Gasteiger partial charge in [0, 0.05) is 28.1 Å². The summed E-state index contributed by atoms with van der Waals surface area (Å²) in [5.74, 6) is -0.468. The fourth-order valence-electron chi connectivity index (χ4n) is 3.76. The van der Waals surface area contributed by atoms with Crippen molar-refractivity contribution in [2.75, 3.05) is 24.5 Å². The molecule has 0 heterocycles. The van der Waals surface area contributed by atoms with Gasteiger partial charge in [0.05, 0.1) is 17.2 Å². The van der Waals surface area contributed by atoms with Crippen LogP contribution in [0.2, 0.25) is 10.0 Å². The number of hydrogen-bond donors (Lipinski definition) is 1. The van der Waals surface area contributed by atoms with E-state index in [1.807, 2.05) is 6.92 Å². The number of sulfonamides is 1. The average Bonchev–Trinajstić information content (AvgIpc) is 2.91. The highest BCUT2D eigenvalue weighted by Crippen LogP contribution is 2.28. The molecule has 0 saturated heterocycles. The van der Waals surface area contributed by atoms with Gasteiger partial charge in [-0.2, -0.15) is 0 Å². The molecule has 3 rings (SSSR count). The Bertz CT molecular complexity index is 1420. The number of likely N-dealkylation sites (N-methyl/N-ethyl adjacent to an activating group) is 1. The monoisotopic (exact) mass is 655 g/mol. The van der Waals surface area contributed by atoms with Crippen LogP contribution in [0, 0.1) is 0 Å². The van der Waals surface area contributed by atoms with Gasteiger partial charge < -0.3 is 15.0 Å². The first-order valence-corrected chi connectivity index (χ1v) is 14.9. The van der Waals surface area contributed by atoms with Crippen LogP contribution < -0.4 is 14.4 Å². The number of anilines is 1. The number of benzene rings is 3. The number of carbonyl (C=O) groups is 2. The van der Waals surface area contributed by atoms with Gasteiger partial charge in [-0.3, -0.25) is 13.9 Å². The Morgan fingerprint density at radius 1 is 1.03 bits per heavy atom. The van der Waals surface area contributed by atoms with Gasteiger partial charge in [0.1, 0.15) is 18.3 Å². The number of amides is 2. The normalized spacial score (nSPS) is 11.9. The summed E-state index contributed by atoms with van der Waals surface area (Å²) >= 11 is 15.7. The van der Waals surface area contributed by atoms with E-state index in [-0.39, 0.29) is 17.1 Å². The Balaban J connectivity index is 2.04. The molecule has 12 heteroatoms. The third-order valence-electron chi connectivity index (χ3n) is 5.89. The van der Waals surface area contributed by atoms with Crippen LogP contribution in [0.5, 0.6) is 5.75 Å². The molecule has 1 atom stereocenters. The van der Waals surface area contributed by atoms with Crippen molar-refractivity contribution in [1.82, 2.24) is 10.2 Å². The summed E-state index contributed by atoms with van der Waals surface area (Å²) in [7, 11) is -2.72. The second-order valence-electron chi connectivity index (χ2n) is 8.44. The van der Waals surface area contributed by atoms with Crippen LogP contribution in [0.25, 0.3) is 0 Å². The minimum Gasteiger partial charge on any atom is -0.494 e. The Kier molecular flexibility index (Phi) is 10.7. The van der Waals surface area contributed by atoms with Crippen LogP contribution in [0.1, 0.15) is 19.4 Å². The van der Waals surface area contributed by atoms with Crippen LogP contribution in [0.3, 0.4) is 0 Å². The zero-order valence-corrected chi connectivity index (χ0v) is 25.4. The minimum atomic E-state index is -4.18. The molecule has 0 unspecified atom stereocenters. The predicted octanol–water partition coefficient (Wildman–Crippen LogP) is 5.51. The highest BCUT2D eigenvalue weighted by atomic mass is 79.9. The van der Waals surface area contributed by atoms with Crippen molar-refractivity contribution in [3.8, 4) is 5.75 Å². The highest BCUT2D eigenvalue weighted by Gasteiger charge is 2.32. The highest BCUT2D eigenvalue weighted by molar-refractivity contribution is 9.10. The number of nitrogens with zero attached hydrogens (tertiary/aromatic N) is 2. The summed E-state index contributed by atoms with van der Waals surface area (Å²) in [6.07, 6.45) is 0. The number of nitrogens with one attached hydrogen (secondary N) is 1.